The minimum absolute atomic E-state index is 0.224. The van der Waals surface area contributed by atoms with Crippen LogP contribution in [0.25, 0.3) is 0 Å². The summed E-state index contributed by atoms with van der Waals surface area (Å²) in [6.07, 6.45) is 0. The first-order chi connectivity index (χ1) is 9.22. The van der Waals surface area contributed by atoms with E-state index in [1.54, 1.807) is 0 Å². The molecule has 5 heteroatoms. The van der Waals surface area contributed by atoms with Crippen LogP contribution in [0.2, 0.25) is 0 Å². The fourth-order valence-electron chi connectivity index (χ4n) is 1.58. The molecular formula is C14H22BrNO3. The van der Waals surface area contributed by atoms with Crippen LogP contribution in [-0.4, -0.2) is 26.6 Å². The van der Waals surface area contributed by atoms with E-state index in [0.29, 0.717) is 19.0 Å². The first-order valence-electron chi connectivity index (χ1n) is 6.59. The lowest BCUT2D eigenvalue weighted by atomic mass is 10.2. The lowest BCUT2D eigenvalue weighted by Gasteiger charge is -2.15. The van der Waals surface area contributed by atoms with Crippen LogP contribution >= 0.6 is 15.9 Å². The molecule has 0 saturated heterocycles. The van der Waals surface area contributed by atoms with Crippen molar-refractivity contribution in [2.45, 2.75) is 27.3 Å². The lowest BCUT2D eigenvalue weighted by Crippen LogP contribution is -2.12. The average Bonchev–Trinajstić information content (AvgIpc) is 2.40. The Balaban J connectivity index is 2.87. The Labute approximate surface area is 123 Å². The third-order valence-corrected chi connectivity index (χ3v) is 3.03. The number of rotatable bonds is 9. The molecule has 0 radical (unpaired) electrons. The van der Waals surface area contributed by atoms with Gasteiger partial charge in [-0.25, -0.2) is 0 Å². The van der Waals surface area contributed by atoms with E-state index in [1.807, 2.05) is 26.0 Å². The van der Waals surface area contributed by atoms with E-state index in [9.17, 15) is 0 Å². The molecule has 0 bridgehead atoms. The highest BCUT2D eigenvalue weighted by molar-refractivity contribution is 9.10. The summed E-state index contributed by atoms with van der Waals surface area (Å²) >= 11 is 3.52. The summed E-state index contributed by atoms with van der Waals surface area (Å²) in [7, 11) is 0. The zero-order valence-corrected chi connectivity index (χ0v) is 13.4. The molecule has 0 aliphatic heterocycles. The summed E-state index contributed by atoms with van der Waals surface area (Å²) in [6, 6.07) is 4.03. The summed E-state index contributed by atoms with van der Waals surface area (Å²) in [4.78, 5) is 0. The normalized spacial score (nSPS) is 10.5. The van der Waals surface area contributed by atoms with Gasteiger partial charge in [-0.05, 0) is 54.0 Å². The minimum Gasteiger partial charge on any atom is -0.490 e. The highest BCUT2D eigenvalue weighted by atomic mass is 79.9. The number of hydrogen-bond acceptors (Lipinski definition) is 4. The first-order valence-corrected chi connectivity index (χ1v) is 7.38. The molecule has 0 aliphatic rings. The quantitative estimate of drug-likeness (QED) is 0.556. The second-order valence-corrected chi connectivity index (χ2v) is 4.73. The van der Waals surface area contributed by atoms with Crippen molar-refractivity contribution >= 4 is 15.9 Å². The van der Waals surface area contributed by atoms with Crippen LogP contribution in [0, 0.1) is 0 Å². The number of nitrogens with one attached hydrogen (secondary N) is 1. The summed E-state index contributed by atoms with van der Waals surface area (Å²) in [5.74, 6) is 1.43. The monoisotopic (exact) mass is 331 g/mol. The summed E-state index contributed by atoms with van der Waals surface area (Å²) < 4.78 is 17.3. The van der Waals surface area contributed by atoms with Crippen LogP contribution < -0.4 is 14.8 Å². The van der Waals surface area contributed by atoms with Gasteiger partial charge in [-0.3, -0.25) is 0 Å². The van der Waals surface area contributed by atoms with E-state index in [-0.39, 0.29) is 6.79 Å². The largest absolute Gasteiger partial charge is 0.490 e. The van der Waals surface area contributed by atoms with Gasteiger partial charge >= 0.3 is 0 Å². The smallest absolute Gasteiger partial charge is 0.189 e. The Kier molecular flexibility index (Phi) is 7.86. The van der Waals surface area contributed by atoms with E-state index >= 15 is 0 Å². The van der Waals surface area contributed by atoms with Crippen molar-refractivity contribution in [3.63, 3.8) is 0 Å². The Morgan fingerprint density at radius 1 is 1.11 bits per heavy atom. The zero-order valence-electron chi connectivity index (χ0n) is 11.8. The van der Waals surface area contributed by atoms with Crippen molar-refractivity contribution in [2.75, 3.05) is 26.6 Å². The third kappa shape index (κ3) is 5.38. The standard InChI is InChI=1S/C14H22BrNO3/c1-4-16-9-11-7-12(15)14(19-10-17-5-2)13(8-11)18-6-3/h7-8,16H,4-6,9-10H2,1-3H3. The maximum Gasteiger partial charge on any atom is 0.189 e. The van der Waals surface area contributed by atoms with E-state index in [2.05, 4.69) is 28.2 Å². The van der Waals surface area contributed by atoms with Crippen LogP contribution in [0.4, 0.5) is 0 Å². The van der Waals surface area contributed by atoms with Gasteiger partial charge in [0.2, 0.25) is 0 Å². The van der Waals surface area contributed by atoms with Crippen molar-refractivity contribution < 1.29 is 14.2 Å². The second kappa shape index (κ2) is 9.18. The van der Waals surface area contributed by atoms with Gasteiger partial charge in [-0.15, -0.1) is 0 Å². The number of benzene rings is 1. The van der Waals surface area contributed by atoms with Crippen molar-refractivity contribution in [2.24, 2.45) is 0 Å². The molecule has 108 valence electrons. The van der Waals surface area contributed by atoms with Gasteiger partial charge in [0.25, 0.3) is 0 Å². The highest BCUT2D eigenvalue weighted by Crippen LogP contribution is 2.37. The molecule has 19 heavy (non-hydrogen) atoms. The van der Waals surface area contributed by atoms with Gasteiger partial charge in [0.05, 0.1) is 11.1 Å². The SMILES string of the molecule is CCNCc1cc(Br)c(OCOCC)c(OCC)c1. The zero-order chi connectivity index (χ0) is 14.1. The summed E-state index contributed by atoms with van der Waals surface area (Å²) in [5, 5.41) is 3.29. The van der Waals surface area contributed by atoms with Crippen LogP contribution in [0.3, 0.4) is 0 Å². The molecule has 0 fully saturated rings. The Hall–Kier alpha value is -0.780. The van der Waals surface area contributed by atoms with Crippen molar-refractivity contribution in [1.82, 2.24) is 5.32 Å². The molecule has 0 saturated carbocycles. The molecule has 1 aromatic carbocycles. The maximum absolute atomic E-state index is 5.63. The number of halogens is 1. The number of hydrogen-bond donors (Lipinski definition) is 1. The van der Waals surface area contributed by atoms with E-state index in [0.717, 1.165) is 28.9 Å². The molecule has 0 unspecified atom stereocenters. The highest BCUT2D eigenvalue weighted by Gasteiger charge is 2.12. The van der Waals surface area contributed by atoms with Crippen LogP contribution in [-0.2, 0) is 11.3 Å². The lowest BCUT2D eigenvalue weighted by molar-refractivity contribution is 0.0201. The molecule has 1 rings (SSSR count). The van der Waals surface area contributed by atoms with Crippen molar-refractivity contribution in [1.29, 1.82) is 0 Å². The van der Waals surface area contributed by atoms with Gasteiger partial charge in [0.15, 0.2) is 18.3 Å². The molecule has 4 nitrogen and oxygen atoms in total. The average molecular weight is 332 g/mol. The summed E-state index contributed by atoms with van der Waals surface area (Å²) in [6.45, 7) is 9.16. The molecule has 0 atom stereocenters. The predicted molar refractivity (Wildman–Crippen MR) is 79.8 cm³/mol. The Bertz CT molecular complexity index is 385. The van der Waals surface area contributed by atoms with Gasteiger partial charge in [-0.1, -0.05) is 6.92 Å². The molecule has 0 heterocycles. The van der Waals surface area contributed by atoms with Crippen molar-refractivity contribution in [3.05, 3.63) is 22.2 Å². The van der Waals surface area contributed by atoms with E-state index in [4.69, 9.17) is 14.2 Å². The summed E-state index contributed by atoms with van der Waals surface area (Å²) in [5.41, 5.74) is 1.15. The number of ether oxygens (including phenoxy) is 3. The van der Waals surface area contributed by atoms with Gasteiger partial charge in [0.1, 0.15) is 0 Å². The fourth-order valence-corrected chi connectivity index (χ4v) is 2.18. The maximum atomic E-state index is 5.63. The Morgan fingerprint density at radius 3 is 2.53 bits per heavy atom. The Morgan fingerprint density at radius 2 is 1.89 bits per heavy atom. The van der Waals surface area contributed by atoms with E-state index < -0.39 is 0 Å². The van der Waals surface area contributed by atoms with Crippen LogP contribution in [0.5, 0.6) is 11.5 Å². The van der Waals surface area contributed by atoms with Crippen LogP contribution in [0.1, 0.15) is 26.3 Å². The predicted octanol–water partition coefficient (Wildman–Crippen LogP) is 3.33. The fraction of sp³-hybridized carbons (Fsp3) is 0.571. The molecule has 1 aromatic rings. The van der Waals surface area contributed by atoms with E-state index in [1.165, 1.54) is 0 Å². The molecule has 0 aromatic heterocycles. The molecular weight excluding hydrogens is 310 g/mol. The minimum atomic E-state index is 0.224. The first kappa shape index (κ1) is 16.3. The molecule has 0 aliphatic carbocycles. The third-order valence-electron chi connectivity index (χ3n) is 2.44. The topological polar surface area (TPSA) is 39.7 Å². The molecule has 0 spiro atoms. The van der Waals surface area contributed by atoms with Gasteiger partial charge in [0, 0.05) is 13.2 Å². The molecule has 0 amide bonds. The van der Waals surface area contributed by atoms with Gasteiger partial charge < -0.3 is 19.5 Å². The second-order valence-electron chi connectivity index (χ2n) is 3.87. The van der Waals surface area contributed by atoms with Crippen molar-refractivity contribution in [3.8, 4) is 11.5 Å². The van der Waals surface area contributed by atoms with Gasteiger partial charge in [-0.2, -0.15) is 0 Å². The van der Waals surface area contributed by atoms with Crippen LogP contribution in [0.15, 0.2) is 16.6 Å². The molecule has 1 N–H and O–H groups in total.